The summed E-state index contributed by atoms with van der Waals surface area (Å²) in [5.74, 6) is -0.864. The van der Waals surface area contributed by atoms with Gasteiger partial charge in [-0.25, -0.2) is 0 Å². The zero-order chi connectivity index (χ0) is 48.6. The zero-order valence-corrected chi connectivity index (χ0v) is 44.4. The number of carbonyl (C=O) groups is 3. The van der Waals surface area contributed by atoms with E-state index in [0.29, 0.717) is 19.3 Å². The predicted octanol–water partition coefficient (Wildman–Crippen LogP) is 19.2. The topological polar surface area (TPSA) is 78.9 Å². The summed E-state index contributed by atoms with van der Waals surface area (Å²) in [5, 5.41) is 0. The molecule has 0 aliphatic carbocycles. The highest BCUT2D eigenvalue weighted by atomic mass is 16.6. The van der Waals surface area contributed by atoms with Gasteiger partial charge in [-0.05, 0) is 64.2 Å². The molecule has 0 aromatic rings. The SMILES string of the molecule is CC/C=C\C/C=C\C/C=C\C/C=C\C/C=C\CCCCCCCCCCCCCC(=O)OCC(COC(=O)CCCCCCCCCCCCC)OC(=O)CCCCCCCCCCCCC. The molecule has 0 heterocycles. The summed E-state index contributed by atoms with van der Waals surface area (Å²) >= 11 is 0. The van der Waals surface area contributed by atoms with E-state index in [1.807, 2.05) is 0 Å². The summed E-state index contributed by atoms with van der Waals surface area (Å²) < 4.78 is 16.8. The molecule has 0 amide bonds. The monoisotopic (exact) mass is 937 g/mol. The normalized spacial score (nSPS) is 12.5. The Balaban J connectivity index is 4.17. The summed E-state index contributed by atoms with van der Waals surface area (Å²) in [6.45, 7) is 6.53. The molecular formula is C61H108O6. The largest absolute Gasteiger partial charge is 0.462 e. The second-order valence-corrected chi connectivity index (χ2v) is 19.2. The van der Waals surface area contributed by atoms with Crippen LogP contribution in [0.5, 0.6) is 0 Å². The van der Waals surface area contributed by atoms with E-state index in [9.17, 15) is 14.4 Å². The first-order valence-electron chi connectivity index (χ1n) is 28.8. The van der Waals surface area contributed by atoms with E-state index in [-0.39, 0.29) is 31.1 Å². The zero-order valence-electron chi connectivity index (χ0n) is 44.4. The Morgan fingerprint density at radius 2 is 0.582 bits per heavy atom. The van der Waals surface area contributed by atoms with Gasteiger partial charge in [-0.2, -0.15) is 0 Å². The maximum atomic E-state index is 12.8. The molecule has 1 atom stereocenters. The van der Waals surface area contributed by atoms with E-state index in [1.165, 1.54) is 161 Å². The van der Waals surface area contributed by atoms with Gasteiger partial charge in [0.25, 0.3) is 0 Å². The van der Waals surface area contributed by atoms with Gasteiger partial charge in [-0.15, -0.1) is 0 Å². The average molecular weight is 938 g/mol. The molecule has 0 rings (SSSR count). The first-order chi connectivity index (χ1) is 33.0. The number of carbonyl (C=O) groups excluding carboxylic acids is 3. The lowest BCUT2D eigenvalue weighted by Gasteiger charge is -2.18. The van der Waals surface area contributed by atoms with Crippen LogP contribution in [0.15, 0.2) is 60.8 Å². The number of unbranched alkanes of at least 4 members (excludes halogenated alkanes) is 31. The summed E-state index contributed by atoms with van der Waals surface area (Å²) in [6.07, 6.45) is 69.3. The van der Waals surface area contributed by atoms with Crippen LogP contribution >= 0.6 is 0 Å². The first-order valence-corrected chi connectivity index (χ1v) is 28.8. The first kappa shape index (κ1) is 64.1. The molecule has 6 heteroatoms. The summed E-state index contributed by atoms with van der Waals surface area (Å²) in [6, 6.07) is 0. The second-order valence-electron chi connectivity index (χ2n) is 19.2. The van der Waals surface area contributed by atoms with E-state index in [1.54, 1.807) is 0 Å². The van der Waals surface area contributed by atoms with E-state index >= 15 is 0 Å². The standard InChI is InChI=1S/C61H108O6/c1-4-7-10-13-16-19-22-23-24-25-26-27-28-29-30-31-32-33-34-35-36-37-40-42-45-48-51-54-60(63)66-57-58(67-61(64)55-52-49-46-43-39-21-18-15-12-9-6-3)56-65-59(62)53-50-47-44-41-38-20-17-14-11-8-5-2/h7,10,16,19,23-24,26-27,29-30,58H,4-6,8-9,11-15,17-18,20-22,25,28,31-57H2,1-3H3/b10-7-,19-16-,24-23-,27-26-,30-29-. The molecule has 6 nitrogen and oxygen atoms in total. The summed E-state index contributed by atoms with van der Waals surface area (Å²) in [7, 11) is 0. The third kappa shape index (κ3) is 53.9. The van der Waals surface area contributed by atoms with Crippen molar-refractivity contribution < 1.29 is 28.6 Å². The van der Waals surface area contributed by atoms with Gasteiger partial charge in [-0.1, -0.05) is 268 Å². The molecular weight excluding hydrogens is 829 g/mol. The molecule has 0 bridgehead atoms. The third-order valence-electron chi connectivity index (χ3n) is 12.5. The van der Waals surface area contributed by atoms with Crippen LogP contribution in [0.4, 0.5) is 0 Å². The molecule has 0 aromatic heterocycles. The van der Waals surface area contributed by atoms with Crippen molar-refractivity contribution in [2.45, 2.75) is 297 Å². The van der Waals surface area contributed by atoms with Crippen LogP contribution in [0.1, 0.15) is 290 Å². The van der Waals surface area contributed by atoms with Gasteiger partial charge in [0.1, 0.15) is 13.2 Å². The van der Waals surface area contributed by atoms with Crippen molar-refractivity contribution in [3.8, 4) is 0 Å². The highest BCUT2D eigenvalue weighted by Gasteiger charge is 2.19. The number of hydrogen-bond donors (Lipinski definition) is 0. The minimum Gasteiger partial charge on any atom is -0.462 e. The van der Waals surface area contributed by atoms with Crippen molar-refractivity contribution in [2.75, 3.05) is 13.2 Å². The lowest BCUT2D eigenvalue weighted by molar-refractivity contribution is -0.167. The number of rotatable bonds is 52. The van der Waals surface area contributed by atoms with Gasteiger partial charge in [0, 0.05) is 19.3 Å². The maximum Gasteiger partial charge on any atom is 0.306 e. The highest BCUT2D eigenvalue weighted by Crippen LogP contribution is 2.16. The molecule has 0 spiro atoms. The molecule has 0 radical (unpaired) electrons. The van der Waals surface area contributed by atoms with Crippen LogP contribution in [-0.2, 0) is 28.6 Å². The molecule has 0 saturated heterocycles. The second kappa shape index (κ2) is 55.7. The van der Waals surface area contributed by atoms with Gasteiger partial charge in [0.05, 0.1) is 0 Å². The fraction of sp³-hybridized carbons (Fsp3) is 0.787. The lowest BCUT2D eigenvalue weighted by atomic mass is 10.0. The predicted molar refractivity (Wildman–Crippen MR) is 288 cm³/mol. The Morgan fingerprint density at radius 1 is 0.313 bits per heavy atom. The lowest BCUT2D eigenvalue weighted by Crippen LogP contribution is -2.30. The smallest absolute Gasteiger partial charge is 0.306 e. The van der Waals surface area contributed by atoms with Gasteiger partial charge in [0.2, 0.25) is 0 Å². The van der Waals surface area contributed by atoms with Gasteiger partial charge in [0.15, 0.2) is 6.10 Å². The van der Waals surface area contributed by atoms with E-state index in [4.69, 9.17) is 14.2 Å². The molecule has 0 N–H and O–H groups in total. The van der Waals surface area contributed by atoms with E-state index in [2.05, 4.69) is 81.5 Å². The van der Waals surface area contributed by atoms with Crippen molar-refractivity contribution in [3.05, 3.63) is 60.8 Å². The molecule has 388 valence electrons. The quantitative estimate of drug-likeness (QED) is 0.0262. The Morgan fingerprint density at radius 3 is 0.910 bits per heavy atom. The minimum absolute atomic E-state index is 0.0702. The third-order valence-corrected chi connectivity index (χ3v) is 12.5. The van der Waals surface area contributed by atoms with Crippen molar-refractivity contribution in [1.82, 2.24) is 0 Å². The van der Waals surface area contributed by atoms with Gasteiger partial charge >= 0.3 is 17.9 Å². The van der Waals surface area contributed by atoms with E-state index < -0.39 is 6.10 Å². The molecule has 67 heavy (non-hydrogen) atoms. The minimum atomic E-state index is -0.769. The summed E-state index contributed by atoms with van der Waals surface area (Å²) in [4.78, 5) is 38.0. The van der Waals surface area contributed by atoms with Crippen LogP contribution in [-0.4, -0.2) is 37.2 Å². The Bertz CT molecular complexity index is 1210. The van der Waals surface area contributed by atoms with Crippen molar-refractivity contribution in [1.29, 1.82) is 0 Å². The number of esters is 3. The average Bonchev–Trinajstić information content (AvgIpc) is 3.33. The molecule has 0 fully saturated rings. The van der Waals surface area contributed by atoms with Crippen LogP contribution in [0.2, 0.25) is 0 Å². The number of hydrogen-bond acceptors (Lipinski definition) is 6. The number of allylic oxidation sites excluding steroid dienone is 10. The molecule has 0 saturated carbocycles. The van der Waals surface area contributed by atoms with Crippen molar-refractivity contribution >= 4 is 17.9 Å². The molecule has 0 aliphatic rings. The van der Waals surface area contributed by atoms with Gasteiger partial charge < -0.3 is 14.2 Å². The van der Waals surface area contributed by atoms with Crippen molar-refractivity contribution in [3.63, 3.8) is 0 Å². The Hall–Kier alpha value is -2.89. The summed E-state index contributed by atoms with van der Waals surface area (Å²) in [5.41, 5.74) is 0. The Labute approximate surface area is 415 Å². The van der Waals surface area contributed by atoms with Gasteiger partial charge in [-0.3, -0.25) is 14.4 Å². The molecule has 1 unspecified atom stereocenters. The maximum absolute atomic E-state index is 12.8. The fourth-order valence-corrected chi connectivity index (χ4v) is 8.24. The fourth-order valence-electron chi connectivity index (χ4n) is 8.24. The van der Waals surface area contributed by atoms with E-state index in [0.717, 1.165) is 89.9 Å². The highest BCUT2D eigenvalue weighted by molar-refractivity contribution is 5.71. The Kier molecular flexibility index (Phi) is 53.3. The number of ether oxygens (including phenoxy) is 3. The van der Waals surface area contributed by atoms with Crippen LogP contribution in [0.3, 0.4) is 0 Å². The van der Waals surface area contributed by atoms with Crippen LogP contribution in [0, 0.1) is 0 Å². The van der Waals surface area contributed by atoms with Crippen LogP contribution < -0.4 is 0 Å². The molecule has 0 aliphatic heterocycles. The van der Waals surface area contributed by atoms with Crippen LogP contribution in [0.25, 0.3) is 0 Å². The van der Waals surface area contributed by atoms with Crippen molar-refractivity contribution in [2.24, 2.45) is 0 Å². The molecule has 0 aromatic carbocycles.